The van der Waals surface area contributed by atoms with Crippen molar-refractivity contribution in [3.63, 3.8) is 0 Å². The molecule has 9 rings (SSSR count). The molecule has 0 amide bonds. The predicted molar refractivity (Wildman–Crippen MR) is 198 cm³/mol. The summed E-state index contributed by atoms with van der Waals surface area (Å²) in [5.41, 5.74) is -3.38. The lowest BCUT2D eigenvalue weighted by molar-refractivity contribution is -0.378. The molecule has 4 heterocycles. The van der Waals surface area contributed by atoms with Crippen LogP contribution < -0.4 is 0 Å². The van der Waals surface area contributed by atoms with Gasteiger partial charge in [0.25, 0.3) is 0 Å². The quantitative estimate of drug-likeness (QED) is 0.101. The molecule has 57 heavy (non-hydrogen) atoms. The van der Waals surface area contributed by atoms with Crippen LogP contribution in [0.1, 0.15) is 106 Å². The molecule has 20 atom stereocenters. The van der Waals surface area contributed by atoms with Crippen molar-refractivity contribution in [2.45, 2.75) is 191 Å². The third-order valence-electron chi connectivity index (χ3n) is 18.0. The molecule has 9 aliphatic rings. The first-order valence-electron chi connectivity index (χ1n) is 21.1. The molecule has 0 aromatic rings. The Morgan fingerprint density at radius 3 is 1.93 bits per heavy atom. The molecule has 15 nitrogen and oxygen atoms in total. The zero-order valence-corrected chi connectivity index (χ0v) is 34.3. The summed E-state index contributed by atoms with van der Waals surface area (Å²) in [6, 6.07) is 0. The lowest BCUT2D eigenvalue weighted by Gasteiger charge is -2.73. The molecule has 1 spiro atoms. The Kier molecular flexibility index (Phi) is 10.1. The van der Waals surface area contributed by atoms with E-state index in [1.165, 1.54) is 0 Å². The summed E-state index contributed by atoms with van der Waals surface area (Å²) in [6.45, 7) is 13.5. The summed E-state index contributed by atoms with van der Waals surface area (Å²) >= 11 is 0. The van der Waals surface area contributed by atoms with E-state index in [9.17, 15) is 50.8 Å². The maximum atomic E-state index is 13.7. The fraction of sp³-hybridized carbons (Fsp3) is 0.929. The van der Waals surface area contributed by atoms with E-state index in [0.29, 0.717) is 44.1 Å². The molecule has 15 heteroatoms. The minimum atomic E-state index is -1.78. The van der Waals surface area contributed by atoms with Crippen LogP contribution in [0.5, 0.6) is 0 Å². The van der Waals surface area contributed by atoms with Gasteiger partial charge in [0.1, 0.15) is 60.0 Å². The number of aliphatic hydroxyl groups is 9. The number of aliphatic hydroxyl groups excluding tert-OH is 8. The van der Waals surface area contributed by atoms with Gasteiger partial charge in [0.2, 0.25) is 0 Å². The van der Waals surface area contributed by atoms with E-state index in [0.717, 1.165) is 24.8 Å². The highest BCUT2D eigenvalue weighted by atomic mass is 16.8. The average molecular weight is 811 g/mol. The third kappa shape index (κ3) is 5.53. The highest BCUT2D eigenvalue weighted by Crippen LogP contribution is 2.77. The van der Waals surface area contributed by atoms with Gasteiger partial charge < -0.3 is 69.6 Å². The summed E-state index contributed by atoms with van der Waals surface area (Å²) in [6.07, 6.45) is -10.8. The van der Waals surface area contributed by atoms with Gasteiger partial charge in [-0.15, -0.1) is 0 Å². The van der Waals surface area contributed by atoms with Crippen LogP contribution in [-0.2, 0) is 28.5 Å². The van der Waals surface area contributed by atoms with E-state index in [4.69, 9.17) is 23.7 Å². The number of ether oxygens (including phenoxy) is 5. The fourth-order valence-electron chi connectivity index (χ4n) is 14.2. The standard InChI is InChI=1S/C42H66O15/c1-36(2)22-8-11-38(4)23(16-19(45)25-32-41(7,52)40(6)13-15-42(32,35(51)57-40)14-12-39(25,38)5)37(22,3)10-9-24(36)55-34-31(29(49)27(47)21(18-44)54-34)56-33-30(50)28(48)26(46)20(17-43)53-33/h19-24,26-31,33-34,43-50,52H,8-18H2,1-7H3/t19-,20-,21-,22?,23?,24+,26-,27-,28+,29+,30-,31-,33+,34+,37+,38-,39-,40-,41+,42-/m1/s1. The van der Waals surface area contributed by atoms with Crippen LogP contribution in [0.3, 0.4) is 0 Å². The minimum absolute atomic E-state index is 0.0829. The summed E-state index contributed by atoms with van der Waals surface area (Å²) in [5, 5.41) is 98.2. The SMILES string of the molecule is CC1(C)C2CC[C@]3(C)C(C[C@@H](O)C4=C5[C@]6(CC[C@@](C)(OC6=O)[C@@]5(C)O)CC[C@]43C)[C@@]2(C)CC[C@@H]1O[C@@H]1O[C@H](CO)[C@@H](O)[C@H](O)[C@H]1O[C@@H]1O[C@H](CO)[C@@H](O)[C@H](O)[C@H]1O. The van der Waals surface area contributed by atoms with Crippen molar-refractivity contribution in [2.75, 3.05) is 13.2 Å². The van der Waals surface area contributed by atoms with Crippen LogP contribution in [0.4, 0.5) is 0 Å². The number of carbonyl (C=O) groups is 1. The highest BCUT2D eigenvalue weighted by Gasteiger charge is 2.75. The van der Waals surface area contributed by atoms with Crippen molar-refractivity contribution in [2.24, 2.45) is 38.9 Å². The van der Waals surface area contributed by atoms with Gasteiger partial charge in [-0.25, -0.2) is 0 Å². The molecule has 0 aromatic heterocycles. The molecule has 2 unspecified atom stereocenters. The first-order chi connectivity index (χ1) is 26.5. The number of carbonyl (C=O) groups excluding carboxylic acids is 1. The van der Waals surface area contributed by atoms with Crippen molar-refractivity contribution in [3.05, 3.63) is 11.1 Å². The van der Waals surface area contributed by atoms with Crippen molar-refractivity contribution in [3.8, 4) is 0 Å². The van der Waals surface area contributed by atoms with E-state index < -0.39 is 114 Å². The van der Waals surface area contributed by atoms with E-state index in [1.807, 2.05) is 6.92 Å². The predicted octanol–water partition coefficient (Wildman–Crippen LogP) is 0.563. The number of fused-ring (bicyclic) bond motifs is 7. The molecule has 324 valence electrons. The van der Waals surface area contributed by atoms with Crippen LogP contribution in [0, 0.1) is 38.9 Å². The normalized spacial score (nSPS) is 56.9. The van der Waals surface area contributed by atoms with Gasteiger partial charge in [0.15, 0.2) is 12.6 Å². The second kappa shape index (κ2) is 13.6. The van der Waals surface area contributed by atoms with E-state index in [2.05, 4.69) is 34.6 Å². The highest BCUT2D eigenvalue weighted by molar-refractivity contribution is 5.86. The Labute approximate surface area is 334 Å². The molecule has 8 fully saturated rings. The molecule has 5 aliphatic carbocycles. The van der Waals surface area contributed by atoms with Crippen molar-refractivity contribution in [1.82, 2.24) is 0 Å². The monoisotopic (exact) mass is 810 g/mol. The summed E-state index contributed by atoms with van der Waals surface area (Å²) in [5.74, 6) is -0.0979. The van der Waals surface area contributed by atoms with Gasteiger partial charge in [0, 0.05) is 0 Å². The molecule has 4 aliphatic heterocycles. The van der Waals surface area contributed by atoms with Gasteiger partial charge in [-0.05, 0) is 116 Å². The van der Waals surface area contributed by atoms with Crippen LogP contribution >= 0.6 is 0 Å². The van der Waals surface area contributed by atoms with Gasteiger partial charge in [0.05, 0.1) is 30.8 Å². The minimum Gasteiger partial charge on any atom is -0.455 e. The molecule has 0 aromatic carbocycles. The molecule has 9 N–H and O–H groups in total. The molecule has 4 saturated heterocycles. The second-order valence-electron chi connectivity index (χ2n) is 20.7. The largest absolute Gasteiger partial charge is 0.455 e. The topological polar surface area (TPSA) is 245 Å². The second-order valence-corrected chi connectivity index (χ2v) is 20.7. The number of hydrogen-bond donors (Lipinski definition) is 9. The maximum absolute atomic E-state index is 13.7. The Bertz CT molecular complexity index is 1630. The Morgan fingerprint density at radius 2 is 1.30 bits per heavy atom. The smallest absolute Gasteiger partial charge is 0.317 e. The van der Waals surface area contributed by atoms with Crippen molar-refractivity contribution in [1.29, 1.82) is 0 Å². The number of hydrogen-bond acceptors (Lipinski definition) is 15. The molecule has 2 bridgehead atoms. The van der Waals surface area contributed by atoms with Crippen molar-refractivity contribution < 1.29 is 74.4 Å². The van der Waals surface area contributed by atoms with Crippen LogP contribution in [-0.4, -0.2) is 150 Å². The zero-order chi connectivity index (χ0) is 41.6. The van der Waals surface area contributed by atoms with Gasteiger partial charge >= 0.3 is 5.97 Å². The Balaban J connectivity index is 1.08. The van der Waals surface area contributed by atoms with Gasteiger partial charge in [-0.2, -0.15) is 0 Å². The Morgan fingerprint density at radius 1 is 0.684 bits per heavy atom. The summed E-state index contributed by atoms with van der Waals surface area (Å²) < 4.78 is 30.3. The average Bonchev–Trinajstić information content (AvgIpc) is 3.14. The molecular formula is C42H66O15. The lowest BCUT2D eigenvalue weighted by Crippen LogP contribution is -2.72. The van der Waals surface area contributed by atoms with Crippen LogP contribution in [0.2, 0.25) is 0 Å². The molecular weight excluding hydrogens is 744 g/mol. The van der Waals surface area contributed by atoms with E-state index >= 15 is 0 Å². The van der Waals surface area contributed by atoms with Gasteiger partial charge in [-0.1, -0.05) is 34.6 Å². The number of esters is 1. The van der Waals surface area contributed by atoms with Gasteiger partial charge in [-0.3, -0.25) is 4.79 Å². The van der Waals surface area contributed by atoms with Crippen LogP contribution in [0.15, 0.2) is 11.1 Å². The van der Waals surface area contributed by atoms with E-state index in [-0.39, 0.29) is 28.6 Å². The zero-order valence-electron chi connectivity index (χ0n) is 34.3. The summed E-state index contributed by atoms with van der Waals surface area (Å²) in [4.78, 5) is 13.7. The van der Waals surface area contributed by atoms with Crippen molar-refractivity contribution >= 4 is 5.97 Å². The Hall–Kier alpha value is -1.31. The molecule has 0 radical (unpaired) electrons. The first kappa shape index (κ1) is 42.4. The maximum Gasteiger partial charge on any atom is 0.317 e. The fourth-order valence-corrected chi connectivity index (χ4v) is 14.2. The molecule has 4 saturated carbocycles. The van der Waals surface area contributed by atoms with E-state index in [1.54, 1.807) is 6.92 Å². The van der Waals surface area contributed by atoms with Crippen LogP contribution in [0.25, 0.3) is 0 Å². The number of rotatable bonds is 6. The first-order valence-corrected chi connectivity index (χ1v) is 21.1. The summed E-state index contributed by atoms with van der Waals surface area (Å²) in [7, 11) is 0. The third-order valence-corrected chi connectivity index (χ3v) is 18.0. The lowest BCUT2D eigenvalue weighted by atomic mass is 9.33.